The largest absolute Gasteiger partial charge is 0.493 e. The lowest BCUT2D eigenvalue weighted by atomic mass is 10.1. The van der Waals surface area contributed by atoms with E-state index in [1.807, 2.05) is 18.2 Å². The van der Waals surface area contributed by atoms with Crippen LogP contribution in [0.5, 0.6) is 11.5 Å². The summed E-state index contributed by atoms with van der Waals surface area (Å²) in [6, 6.07) is 11.7. The number of hydrogen-bond donors (Lipinski definition) is 1. The molecule has 1 aromatic heterocycles. The number of nitrogens with zero attached hydrogens (tertiary/aromatic N) is 2. The summed E-state index contributed by atoms with van der Waals surface area (Å²) in [5.74, 6) is 1.08. The Balaban J connectivity index is 1.59. The van der Waals surface area contributed by atoms with E-state index < -0.39 is 0 Å². The van der Waals surface area contributed by atoms with Crippen LogP contribution in [-0.4, -0.2) is 48.7 Å². The molecule has 1 aliphatic heterocycles. The van der Waals surface area contributed by atoms with Crippen LogP contribution >= 0.6 is 0 Å². The monoisotopic (exact) mass is 385 g/mol. The summed E-state index contributed by atoms with van der Waals surface area (Å²) in [5, 5.41) is 3.06. The van der Waals surface area contributed by atoms with Crippen LogP contribution < -0.4 is 14.8 Å². The maximum Gasteiger partial charge on any atom is 0.258 e. The van der Waals surface area contributed by atoms with Gasteiger partial charge in [-0.15, -0.1) is 0 Å². The van der Waals surface area contributed by atoms with Crippen LogP contribution in [0.1, 0.15) is 37.4 Å². The third-order valence-corrected chi connectivity index (χ3v) is 5.33. The van der Waals surface area contributed by atoms with E-state index in [4.69, 9.17) is 9.47 Å². The second kappa shape index (κ2) is 10.2. The van der Waals surface area contributed by atoms with E-state index in [2.05, 4.69) is 40.2 Å². The van der Waals surface area contributed by atoms with Gasteiger partial charge in [-0.05, 0) is 50.2 Å². The molecule has 28 heavy (non-hydrogen) atoms. The zero-order valence-electron chi connectivity index (χ0n) is 16.9. The van der Waals surface area contributed by atoms with Crippen molar-refractivity contribution >= 4 is 5.91 Å². The van der Waals surface area contributed by atoms with Gasteiger partial charge in [-0.3, -0.25) is 9.69 Å². The summed E-state index contributed by atoms with van der Waals surface area (Å²) < 4.78 is 13.1. The maximum absolute atomic E-state index is 12.4. The molecule has 2 aromatic rings. The van der Waals surface area contributed by atoms with Crippen LogP contribution in [0.3, 0.4) is 0 Å². The van der Waals surface area contributed by atoms with Crippen molar-refractivity contribution in [2.75, 3.05) is 33.4 Å². The average molecular weight is 386 g/mol. The number of benzene rings is 1. The lowest BCUT2D eigenvalue weighted by molar-refractivity contribution is -0.123. The molecule has 0 aliphatic carbocycles. The van der Waals surface area contributed by atoms with Crippen LogP contribution in [0.15, 0.2) is 42.6 Å². The summed E-state index contributed by atoms with van der Waals surface area (Å²) in [7, 11) is 3.65. The topological polar surface area (TPSA) is 55.7 Å². The van der Waals surface area contributed by atoms with E-state index >= 15 is 0 Å². The number of rotatable bonds is 8. The summed E-state index contributed by atoms with van der Waals surface area (Å²) in [6.07, 6.45) is 7.06. The maximum atomic E-state index is 12.4. The van der Waals surface area contributed by atoms with E-state index in [1.54, 1.807) is 13.2 Å². The van der Waals surface area contributed by atoms with Gasteiger partial charge in [0, 0.05) is 25.5 Å². The number of nitrogens with one attached hydrogen (secondary N) is 1. The molecule has 6 heteroatoms. The van der Waals surface area contributed by atoms with E-state index in [9.17, 15) is 4.79 Å². The lowest BCUT2D eigenvalue weighted by Gasteiger charge is -2.31. The minimum Gasteiger partial charge on any atom is -0.493 e. The molecule has 0 unspecified atom stereocenters. The van der Waals surface area contributed by atoms with E-state index in [1.165, 1.54) is 31.4 Å². The number of methoxy groups -OCH3 is 1. The highest BCUT2D eigenvalue weighted by Crippen LogP contribution is 2.26. The van der Waals surface area contributed by atoms with Gasteiger partial charge in [-0.25, -0.2) is 0 Å². The van der Waals surface area contributed by atoms with Crippen molar-refractivity contribution in [3.05, 3.63) is 48.3 Å². The van der Waals surface area contributed by atoms with Crippen LogP contribution in [0.2, 0.25) is 0 Å². The van der Waals surface area contributed by atoms with Crippen molar-refractivity contribution in [3.63, 3.8) is 0 Å². The highest BCUT2D eigenvalue weighted by molar-refractivity contribution is 5.77. The van der Waals surface area contributed by atoms with Crippen LogP contribution in [0.4, 0.5) is 0 Å². The Morgan fingerprint density at radius 2 is 1.79 bits per heavy atom. The van der Waals surface area contributed by atoms with Crippen molar-refractivity contribution in [2.45, 2.75) is 31.7 Å². The van der Waals surface area contributed by atoms with Gasteiger partial charge in [0.15, 0.2) is 18.1 Å². The molecule has 0 saturated carbocycles. The summed E-state index contributed by atoms with van der Waals surface area (Å²) in [5.41, 5.74) is 1.23. The Labute approximate surface area is 167 Å². The molecule has 1 fully saturated rings. The van der Waals surface area contributed by atoms with Gasteiger partial charge in [-0.1, -0.05) is 25.0 Å². The average Bonchev–Trinajstić information content (AvgIpc) is 2.96. The lowest BCUT2D eigenvalue weighted by Crippen LogP contribution is -2.40. The molecule has 0 radical (unpaired) electrons. The molecule has 1 aromatic carbocycles. The van der Waals surface area contributed by atoms with Gasteiger partial charge in [0.05, 0.1) is 13.2 Å². The number of para-hydroxylation sites is 2. The van der Waals surface area contributed by atoms with Crippen molar-refractivity contribution in [3.8, 4) is 11.5 Å². The number of aryl methyl sites for hydroxylation is 1. The number of carbonyl (C=O) groups excluding carboxylic acids is 1. The van der Waals surface area contributed by atoms with Crippen LogP contribution in [0, 0.1) is 0 Å². The zero-order valence-corrected chi connectivity index (χ0v) is 16.9. The smallest absolute Gasteiger partial charge is 0.258 e. The standard InChI is InChI=1S/C22H31N3O3/c1-24-13-9-10-18(24)19(25-14-7-3-4-8-15-25)16-23-22(26)17-28-21-12-6-5-11-20(21)27-2/h5-6,9-13,19H,3-4,7-8,14-17H2,1-2H3,(H,23,26)/t19-/m1/s1. The molecule has 1 aliphatic rings. The highest BCUT2D eigenvalue weighted by Gasteiger charge is 2.24. The third kappa shape index (κ3) is 5.29. The fourth-order valence-electron chi connectivity index (χ4n) is 3.79. The number of amides is 1. The number of aromatic nitrogens is 1. The Morgan fingerprint density at radius 1 is 1.07 bits per heavy atom. The first-order valence-corrected chi connectivity index (χ1v) is 10.1. The predicted octanol–water partition coefficient (Wildman–Crippen LogP) is 3.15. The second-order valence-electron chi connectivity index (χ2n) is 7.25. The zero-order chi connectivity index (χ0) is 19.8. The Hall–Kier alpha value is -2.47. The Morgan fingerprint density at radius 3 is 2.43 bits per heavy atom. The Bertz CT molecular complexity index is 751. The van der Waals surface area contributed by atoms with Gasteiger partial charge in [-0.2, -0.15) is 0 Å². The van der Waals surface area contributed by atoms with Crippen molar-refractivity contribution < 1.29 is 14.3 Å². The van der Waals surface area contributed by atoms with E-state index in [-0.39, 0.29) is 18.6 Å². The summed E-state index contributed by atoms with van der Waals surface area (Å²) >= 11 is 0. The first-order valence-electron chi connectivity index (χ1n) is 10.1. The molecule has 1 N–H and O–H groups in total. The first kappa shape index (κ1) is 20.3. The van der Waals surface area contributed by atoms with Crippen molar-refractivity contribution in [2.24, 2.45) is 7.05 Å². The fourth-order valence-corrected chi connectivity index (χ4v) is 3.79. The van der Waals surface area contributed by atoms with Gasteiger partial charge >= 0.3 is 0 Å². The Kier molecular flexibility index (Phi) is 7.37. The molecule has 1 saturated heterocycles. The third-order valence-electron chi connectivity index (χ3n) is 5.33. The molecule has 6 nitrogen and oxygen atoms in total. The minimum atomic E-state index is -0.125. The molecule has 0 bridgehead atoms. The quantitative estimate of drug-likeness (QED) is 0.758. The van der Waals surface area contributed by atoms with E-state index in [0.717, 1.165) is 13.1 Å². The number of carbonyl (C=O) groups is 1. The molecule has 3 rings (SSSR count). The molecule has 1 amide bonds. The van der Waals surface area contributed by atoms with Gasteiger partial charge in [0.25, 0.3) is 5.91 Å². The highest BCUT2D eigenvalue weighted by atomic mass is 16.5. The van der Waals surface area contributed by atoms with Gasteiger partial charge in [0.2, 0.25) is 0 Å². The number of ether oxygens (including phenoxy) is 2. The first-order chi connectivity index (χ1) is 13.7. The van der Waals surface area contributed by atoms with Gasteiger partial charge in [0.1, 0.15) is 0 Å². The number of hydrogen-bond acceptors (Lipinski definition) is 4. The normalized spacial score (nSPS) is 16.2. The van der Waals surface area contributed by atoms with E-state index in [0.29, 0.717) is 18.0 Å². The van der Waals surface area contributed by atoms with Crippen LogP contribution in [0.25, 0.3) is 0 Å². The fraction of sp³-hybridized carbons (Fsp3) is 0.500. The van der Waals surface area contributed by atoms with Crippen molar-refractivity contribution in [1.82, 2.24) is 14.8 Å². The minimum absolute atomic E-state index is 0.0275. The molecule has 152 valence electrons. The SMILES string of the molecule is COc1ccccc1OCC(=O)NC[C@H](c1cccn1C)N1CCCCCC1. The summed E-state index contributed by atoms with van der Waals surface area (Å²) in [6.45, 7) is 2.69. The molecular formula is C22H31N3O3. The van der Waals surface area contributed by atoms with Gasteiger partial charge < -0.3 is 19.4 Å². The predicted molar refractivity (Wildman–Crippen MR) is 110 cm³/mol. The number of likely N-dealkylation sites (tertiary alicyclic amines) is 1. The van der Waals surface area contributed by atoms with Crippen molar-refractivity contribution in [1.29, 1.82) is 0 Å². The molecule has 1 atom stereocenters. The molecule has 2 heterocycles. The summed E-state index contributed by atoms with van der Waals surface area (Å²) in [4.78, 5) is 14.9. The molecular weight excluding hydrogens is 354 g/mol. The van der Waals surface area contributed by atoms with Crippen LogP contribution in [-0.2, 0) is 11.8 Å². The second-order valence-corrected chi connectivity index (χ2v) is 7.25. The molecule has 0 spiro atoms.